The molecule has 1 aromatic heterocycles. The number of pyridine rings is 1. The summed E-state index contributed by atoms with van der Waals surface area (Å²) in [5, 5.41) is 3.42. The van der Waals surface area contributed by atoms with Crippen molar-refractivity contribution in [2.45, 2.75) is 12.8 Å². The average molecular weight is 383 g/mol. The van der Waals surface area contributed by atoms with Crippen molar-refractivity contribution in [3.8, 4) is 17.2 Å². The number of carbonyl (C=O) groups is 1. The van der Waals surface area contributed by atoms with Gasteiger partial charge in [0.2, 0.25) is 5.91 Å². The van der Waals surface area contributed by atoms with Crippen molar-refractivity contribution >= 4 is 23.2 Å². The molecule has 1 amide bonds. The summed E-state index contributed by atoms with van der Waals surface area (Å²) < 4.78 is 10.9. The van der Waals surface area contributed by atoms with Gasteiger partial charge in [-0.3, -0.25) is 9.78 Å². The van der Waals surface area contributed by atoms with Crippen molar-refractivity contribution in [1.29, 1.82) is 0 Å². The Morgan fingerprint density at radius 1 is 1.07 bits per heavy atom. The van der Waals surface area contributed by atoms with Gasteiger partial charge >= 0.3 is 0 Å². The van der Waals surface area contributed by atoms with Gasteiger partial charge in [-0.25, -0.2) is 0 Å². The number of halogens is 1. The maximum Gasteiger partial charge on any atom is 0.224 e. The number of ether oxygens (including phenoxy) is 2. The van der Waals surface area contributed by atoms with E-state index in [1.165, 1.54) is 0 Å². The number of rotatable bonds is 7. The number of aryl methyl sites for hydroxylation is 1. The van der Waals surface area contributed by atoms with Gasteiger partial charge in [0, 0.05) is 30.6 Å². The first-order valence-electron chi connectivity index (χ1n) is 8.44. The van der Waals surface area contributed by atoms with E-state index < -0.39 is 0 Å². The summed E-state index contributed by atoms with van der Waals surface area (Å²) in [6.07, 6.45) is 4.25. The number of methoxy groups -OCH3 is 1. The van der Waals surface area contributed by atoms with Gasteiger partial charge in [0.1, 0.15) is 17.2 Å². The third-order valence-corrected chi connectivity index (χ3v) is 4.16. The zero-order valence-corrected chi connectivity index (χ0v) is 15.6. The molecule has 1 heterocycles. The molecule has 0 spiro atoms. The van der Waals surface area contributed by atoms with Crippen molar-refractivity contribution in [3.63, 3.8) is 0 Å². The van der Waals surface area contributed by atoms with Crippen LogP contribution in [0, 0.1) is 0 Å². The van der Waals surface area contributed by atoms with Crippen molar-refractivity contribution < 1.29 is 14.3 Å². The molecule has 0 fully saturated rings. The third kappa shape index (κ3) is 5.46. The normalized spacial score (nSPS) is 10.3. The van der Waals surface area contributed by atoms with Gasteiger partial charge < -0.3 is 14.8 Å². The molecule has 3 rings (SSSR count). The van der Waals surface area contributed by atoms with Crippen LogP contribution < -0.4 is 14.8 Å². The van der Waals surface area contributed by atoms with E-state index in [0.29, 0.717) is 40.8 Å². The summed E-state index contributed by atoms with van der Waals surface area (Å²) >= 11 is 6.12. The SMILES string of the molecule is COc1ccc(CCC(=O)Nc2cccc(Oc3ccncc3)c2)cc1Cl. The fraction of sp³-hybridized carbons (Fsp3) is 0.143. The Labute approximate surface area is 162 Å². The molecule has 0 saturated heterocycles. The van der Waals surface area contributed by atoms with Gasteiger partial charge in [-0.2, -0.15) is 0 Å². The average Bonchev–Trinajstić information content (AvgIpc) is 2.67. The Morgan fingerprint density at radius 2 is 1.89 bits per heavy atom. The lowest BCUT2D eigenvalue weighted by Crippen LogP contribution is -2.12. The molecule has 0 unspecified atom stereocenters. The van der Waals surface area contributed by atoms with Gasteiger partial charge in [0.25, 0.3) is 0 Å². The molecule has 0 saturated carbocycles. The van der Waals surface area contributed by atoms with E-state index in [-0.39, 0.29) is 5.91 Å². The molecule has 5 nitrogen and oxygen atoms in total. The van der Waals surface area contributed by atoms with Crippen LogP contribution in [-0.4, -0.2) is 18.0 Å². The van der Waals surface area contributed by atoms with Gasteiger partial charge in [-0.05, 0) is 48.4 Å². The first kappa shape index (κ1) is 18.7. The van der Waals surface area contributed by atoms with E-state index in [1.54, 1.807) is 43.8 Å². The number of anilines is 1. The number of carbonyl (C=O) groups excluding carboxylic acids is 1. The highest BCUT2D eigenvalue weighted by atomic mass is 35.5. The number of nitrogens with zero attached hydrogens (tertiary/aromatic N) is 1. The maximum atomic E-state index is 12.2. The van der Waals surface area contributed by atoms with Gasteiger partial charge in [0.05, 0.1) is 12.1 Å². The number of benzene rings is 2. The predicted octanol–water partition coefficient (Wildman–Crippen LogP) is 5.11. The first-order chi connectivity index (χ1) is 13.1. The Hall–Kier alpha value is -3.05. The van der Waals surface area contributed by atoms with E-state index in [1.807, 2.05) is 30.3 Å². The highest BCUT2D eigenvalue weighted by Crippen LogP contribution is 2.26. The summed E-state index contributed by atoms with van der Waals surface area (Å²) in [4.78, 5) is 16.2. The van der Waals surface area contributed by atoms with E-state index in [2.05, 4.69) is 10.3 Å². The molecule has 0 aliphatic heterocycles. The fourth-order valence-corrected chi connectivity index (χ4v) is 2.81. The van der Waals surface area contributed by atoms with Crippen LogP contribution in [0.15, 0.2) is 67.0 Å². The quantitative estimate of drug-likeness (QED) is 0.617. The van der Waals surface area contributed by atoms with E-state index >= 15 is 0 Å². The minimum Gasteiger partial charge on any atom is -0.495 e. The summed E-state index contributed by atoms with van der Waals surface area (Å²) in [6, 6.07) is 16.3. The Bertz CT molecular complexity index is 916. The lowest BCUT2D eigenvalue weighted by molar-refractivity contribution is -0.116. The molecule has 138 valence electrons. The number of nitrogens with one attached hydrogen (secondary N) is 1. The molecule has 2 aromatic carbocycles. The lowest BCUT2D eigenvalue weighted by Gasteiger charge is -2.09. The van der Waals surface area contributed by atoms with Crippen molar-refractivity contribution in [2.75, 3.05) is 12.4 Å². The summed E-state index contributed by atoms with van der Waals surface area (Å²) in [5.74, 6) is 1.87. The summed E-state index contributed by atoms with van der Waals surface area (Å²) in [6.45, 7) is 0. The molecule has 1 N–H and O–H groups in total. The van der Waals surface area contributed by atoms with Crippen LogP contribution in [0.3, 0.4) is 0 Å². The van der Waals surface area contributed by atoms with Crippen LogP contribution >= 0.6 is 11.6 Å². The minimum atomic E-state index is -0.0806. The molecule has 0 aliphatic rings. The van der Waals surface area contributed by atoms with E-state index in [0.717, 1.165) is 5.56 Å². The van der Waals surface area contributed by atoms with Crippen LogP contribution in [0.2, 0.25) is 5.02 Å². The molecule has 6 heteroatoms. The van der Waals surface area contributed by atoms with E-state index in [4.69, 9.17) is 21.1 Å². The Balaban J connectivity index is 1.56. The molecule has 0 bridgehead atoms. The Kier molecular flexibility index (Phi) is 6.28. The minimum absolute atomic E-state index is 0.0806. The van der Waals surface area contributed by atoms with Crippen LogP contribution in [-0.2, 0) is 11.2 Å². The maximum absolute atomic E-state index is 12.2. The van der Waals surface area contributed by atoms with Crippen LogP contribution in [0.25, 0.3) is 0 Å². The second-order valence-corrected chi connectivity index (χ2v) is 6.24. The number of amides is 1. The lowest BCUT2D eigenvalue weighted by atomic mass is 10.1. The third-order valence-electron chi connectivity index (χ3n) is 3.86. The second kappa shape index (κ2) is 9.05. The van der Waals surface area contributed by atoms with E-state index in [9.17, 15) is 4.79 Å². The van der Waals surface area contributed by atoms with Gasteiger partial charge in [-0.15, -0.1) is 0 Å². The highest BCUT2D eigenvalue weighted by molar-refractivity contribution is 6.32. The molecule has 0 aliphatic carbocycles. The monoisotopic (exact) mass is 382 g/mol. The topological polar surface area (TPSA) is 60.5 Å². The standard InChI is InChI=1S/C21H19ClN2O3/c1-26-20-7-5-15(13-19(20)22)6-8-21(25)24-16-3-2-4-18(14-16)27-17-9-11-23-12-10-17/h2-5,7,9-14H,6,8H2,1H3,(H,24,25). The van der Waals surface area contributed by atoms with Crippen LogP contribution in [0.1, 0.15) is 12.0 Å². The zero-order valence-electron chi connectivity index (χ0n) is 14.8. The number of aromatic nitrogens is 1. The molecule has 27 heavy (non-hydrogen) atoms. The molecule has 0 atom stereocenters. The van der Waals surface area contributed by atoms with Crippen molar-refractivity contribution in [2.24, 2.45) is 0 Å². The Morgan fingerprint density at radius 3 is 2.63 bits per heavy atom. The smallest absolute Gasteiger partial charge is 0.224 e. The van der Waals surface area contributed by atoms with Gasteiger partial charge in [-0.1, -0.05) is 23.7 Å². The number of hydrogen-bond donors (Lipinski definition) is 1. The van der Waals surface area contributed by atoms with Gasteiger partial charge in [0.15, 0.2) is 0 Å². The molecular weight excluding hydrogens is 364 g/mol. The second-order valence-electron chi connectivity index (χ2n) is 5.83. The fourth-order valence-electron chi connectivity index (χ4n) is 2.53. The largest absolute Gasteiger partial charge is 0.495 e. The van der Waals surface area contributed by atoms with Crippen LogP contribution in [0.5, 0.6) is 17.2 Å². The molecule has 0 radical (unpaired) electrons. The first-order valence-corrected chi connectivity index (χ1v) is 8.82. The number of hydrogen-bond acceptors (Lipinski definition) is 4. The van der Waals surface area contributed by atoms with Crippen molar-refractivity contribution in [1.82, 2.24) is 4.98 Å². The highest BCUT2D eigenvalue weighted by Gasteiger charge is 2.07. The molecular formula is C21H19ClN2O3. The van der Waals surface area contributed by atoms with Crippen molar-refractivity contribution in [3.05, 3.63) is 77.6 Å². The van der Waals surface area contributed by atoms with Crippen LogP contribution in [0.4, 0.5) is 5.69 Å². The zero-order chi connectivity index (χ0) is 19.1. The summed E-state index contributed by atoms with van der Waals surface area (Å²) in [7, 11) is 1.57. The molecule has 3 aromatic rings. The predicted molar refractivity (Wildman–Crippen MR) is 106 cm³/mol. The summed E-state index contributed by atoms with van der Waals surface area (Å²) in [5.41, 5.74) is 1.66.